The number of benzene rings is 1. The molecule has 90 valence electrons. The van der Waals surface area contributed by atoms with Crippen molar-refractivity contribution in [1.29, 1.82) is 0 Å². The van der Waals surface area contributed by atoms with Crippen LogP contribution in [-0.4, -0.2) is 9.96 Å². The van der Waals surface area contributed by atoms with Gasteiger partial charge < -0.3 is 5.73 Å². The third kappa shape index (κ3) is 3.80. The average molecular weight is 260 g/mol. The van der Waals surface area contributed by atoms with Crippen molar-refractivity contribution in [3.05, 3.63) is 23.2 Å². The fourth-order valence-corrected chi connectivity index (χ4v) is 3.33. The summed E-state index contributed by atoms with van der Waals surface area (Å²) in [7, 11) is -1.11. The largest absolute Gasteiger partial charge is 0.398 e. The summed E-state index contributed by atoms with van der Waals surface area (Å²) in [5.41, 5.74) is 6.47. The highest BCUT2D eigenvalue weighted by molar-refractivity contribution is 7.85. The Bertz CT molecular complexity index is 378. The van der Waals surface area contributed by atoms with Crippen molar-refractivity contribution in [1.82, 2.24) is 0 Å². The molecule has 1 rings (SSSR count). The van der Waals surface area contributed by atoms with Crippen LogP contribution in [-0.2, 0) is 10.8 Å². The van der Waals surface area contributed by atoms with Gasteiger partial charge in [-0.3, -0.25) is 4.21 Å². The van der Waals surface area contributed by atoms with Crippen molar-refractivity contribution in [2.45, 2.75) is 32.1 Å². The van der Waals surface area contributed by atoms with Gasteiger partial charge in [0.2, 0.25) is 0 Å². The molecule has 0 saturated heterocycles. The first-order chi connectivity index (χ1) is 7.31. The number of hydrogen-bond acceptors (Lipinski definition) is 2. The average Bonchev–Trinajstić information content (AvgIpc) is 2.13. The van der Waals surface area contributed by atoms with Crippen LogP contribution in [0.15, 0.2) is 23.1 Å². The van der Waals surface area contributed by atoms with Gasteiger partial charge in [0, 0.05) is 11.4 Å². The number of hydrogen-bond donors (Lipinski definition) is 1. The van der Waals surface area contributed by atoms with Gasteiger partial charge in [-0.25, -0.2) is 0 Å². The summed E-state index contributed by atoms with van der Waals surface area (Å²) in [6.45, 7) is 6.38. The van der Waals surface area contributed by atoms with Crippen LogP contribution in [0.4, 0.5) is 5.69 Å². The van der Waals surface area contributed by atoms with Crippen molar-refractivity contribution in [2.24, 2.45) is 5.41 Å². The van der Waals surface area contributed by atoms with Gasteiger partial charge in [0.25, 0.3) is 0 Å². The SMILES string of the molecule is CC(C)(C)CCS(=O)c1c(N)cccc1Cl. The van der Waals surface area contributed by atoms with E-state index in [0.717, 1.165) is 6.42 Å². The van der Waals surface area contributed by atoms with E-state index < -0.39 is 10.8 Å². The van der Waals surface area contributed by atoms with Gasteiger partial charge in [-0.2, -0.15) is 0 Å². The number of anilines is 1. The molecule has 0 aliphatic carbocycles. The minimum absolute atomic E-state index is 0.172. The van der Waals surface area contributed by atoms with E-state index in [1.165, 1.54) is 0 Å². The molecule has 0 aromatic heterocycles. The van der Waals surface area contributed by atoms with Crippen molar-refractivity contribution < 1.29 is 4.21 Å². The topological polar surface area (TPSA) is 43.1 Å². The lowest BCUT2D eigenvalue weighted by Crippen LogP contribution is -2.12. The predicted molar refractivity (Wildman–Crippen MR) is 71.2 cm³/mol. The summed E-state index contributed by atoms with van der Waals surface area (Å²) in [4.78, 5) is 0.577. The summed E-state index contributed by atoms with van der Waals surface area (Å²) in [5.74, 6) is 0.595. The lowest BCUT2D eigenvalue weighted by molar-refractivity contribution is 0.400. The number of nitrogens with two attached hydrogens (primary N) is 1. The highest BCUT2D eigenvalue weighted by Crippen LogP contribution is 2.28. The Balaban J connectivity index is 2.81. The normalized spacial score (nSPS) is 13.8. The van der Waals surface area contributed by atoms with Gasteiger partial charge >= 0.3 is 0 Å². The molecule has 1 unspecified atom stereocenters. The third-order valence-electron chi connectivity index (χ3n) is 2.26. The zero-order valence-electron chi connectivity index (χ0n) is 9.92. The Labute approximate surface area is 105 Å². The quantitative estimate of drug-likeness (QED) is 0.845. The first kappa shape index (κ1) is 13.5. The van der Waals surface area contributed by atoms with Gasteiger partial charge in [-0.05, 0) is 24.0 Å². The smallest absolute Gasteiger partial charge is 0.0803 e. The molecular weight excluding hydrogens is 242 g/mol. The number of halogens is 1. The van der Waals surface area contributed by atoms with E-state index >= 15 is 0 Å². The predicted octanol–water partition coefficient (Wildman–Crippen LogP) is 3.47. The Morgan fingerprint density at radius 2 is 2.00 bits per heavy atom. The molecule has 0 heterocycles. The fourth-order valence-electron chi connectivity index (χ4n) is 1.27. The van der Waals surface area contributed by atoms with Crippen molar-refractivity contribution in [2.75, 3.05) is 11.5 Å². The second-order valence-corrected chi connectivity index (χ2v) is 6.93. The van der Waals surface area contributed by atoms with Crippen LogP contribution in [0.1, 0.15) is 27.2 Å². The molecule has 0 amide bonds. The van der Waals surface area contributed by atoms with E-state index in [-0.39, 0.29) is 5.41 Å². The molecule has 0 bridgehead atoms. The summed E-state index contributed by atoms with van der Waals surface area (Å²) < 4.78 is 12.1. The number of rotatable bonds is 3. The van der Waals surface area contributed by atoms with Crippen molar-refractivity contribution in [3.8, 4) is 0 Å². The van der Waals surface area contributed by atoms with E-state index in [2.05, 4.69) is 20.8 Å². The molecule has 0 saturated carbocycles. The Kier molecular flexibility index (Phi) is 4.39. The van der Waals surface area contributed by atoms with Crippen molar-refractivity contribution in [3.63, 3.8) is 0 Å². The van der Waals surface area contributed by atoms with Crippen LogP contribution in [0.5, 0.6) is 0 Å². The van der Waals surface area contributed by atoms with Crippen LogP contribution in [0.2, 0.25) is 5.02 Å². The monoisotopic (exact) mass is 259 g/mol. The molecule has 4 heteroatoms. The molecule has 16 heavy (non-hydrogen) atoms. The minimum Gasteiger partial charge on any atom is -0.398 e. The summed E-state index contributed by atoms with van der Waals surface area (Å²) >= 11 is 6.00. The molecule has 0 spiro atoms. The fraction of sp³-hybridized carbons (Fsp3) is 0.500. The summed E-state index contributed by atoms with van der Waals surface area (Å²) in [6, 6.07) is 5.22. The number of nitrogen functional groups attached to an aromatic ring is 1. The van der Waals surface area contributed by atoms with Crippen LogP contribution < -0.4 is 5.73 Å². The Morgan fingerprint density at radius 3 is 2.50 bits per heavy atom. The highest BCUT2D eigenvalue weighted by Gasteiger charge is 2.16. The third-order valence-corrected chi connectivity index (χ3v) is 4.18. The second-order valence-electron chi connectivity index (χ2n) is 5.02. The van der Waals surface area contributed by atoms with Crippen LogP contribution in [0.3, 0.4) is 0 Å². The Morgan fingerprint density at radius 1 is 1.38 bits per heavy atom. The standard InChI is InChI=1S/C12H18ClNOS/c1-12(2,3)7-8-16(15)11-9(13)5-4-6-10(11)14/h4-6H,7-8,14H2,1-3H3. The van der Waals surface area contributed by atoms with Gasteiger partial charge in [-0.15, -0.1) is 0 Å². The lowest BCUT2D eigenvalue weighted by atomic mass is 9.94. The van der Waals surface area contributed by atoms with Crippen LogP contribution in [0.25, 0.3) is 0 Å². The van der Waals surface area contributed by atoms with Gasteiger partial charge in [0.15, 0.2) is 0 Å². The second kappa shape index (κ2) is 5.19. The summed E-state index contributed by atoms with van der Waals surface area (Å²) in [5, 5.41) is 0.493. The molecule has 0 aliphatic heterocycles. The molecule has 2 nitrogen and oxygen atoms in total. The zero-order valence-corrected chi connectivity index (χ0v) is 11.5. The van der Waals surface area contributed by atoms with E-state index in [9.17, 15) is 4.21 Å². The molecule has 1 aromatic carbocycles. The van der Waals surface area contributed by atoms with Gasteiger partial charge in [-0.1, -0.05) is 38.4 Å². The van der Waals surface area contributed by atoms with E-state index in [1.807, 2.05) is 0 Å². The molecule has 1 atom stereocenters. The first-order valence-electron chi connectivity index (χ1n) is 5.23. The van der Waals surface area contributed by atoms with E-state index in [0.29, 0.717) is 21.4 Å². The molecule has 0 fully saturated rings. The highest BCUT2D eigenvalue weighted by atomic mass is 35.5. The van der Waals surface area contributed by atoms with Crippen LogP contribution >= 0.6 is 11.6 Å². The Hall–Kier alpha value is -0.540. The van der Waals surface area contributed by atoms with Crippen molar-refractivity contribution >= 4 is 28.1 Å². The molecule has 1 aromatic rings. The molecule has 2 N–H and O–H groups in total. The van der Waals surface area contributed by atoms with Gasteiger partial charge in [0.1, 0.15) is 0 Å². The molecule has 0 radical (unpaired) electrons. The minimum atomic E-state index is -1.11. The zero-order chi connectivity index (χ0) is 12.3. The van der Waals surface area contributed by atoms with E-state index in [1.54, 1.807) is 18.2 Å². The van der Waals surface area contributed by atoms with Crippen LogP contribution in [0, 0.1) is 5.41 Å². The lowest BCUT2D eigenvalue weighted by Gasteiger charge is -2.17. The first-order valence-corrected chi connectivity index (χ1v) is 6.93. The summed E-state index contributed by atoms with van der Waals surface area (Å²) in [6.07, 6.45) is 0.879. The molecular formula is C12H18ClNOS. The maximum absolute atomic E-state index is 12.1. The van der Waals surface area contributed by atoms with E-state index in [4.69, 9.17) is 17.3 Å². The molecule has 0 aliphatic rings. The maximum atomic E-state index is 12.1. The maximum Gasteiger partial charge on any atom is 0.0803 e. The van der Waals surface area contributed by atoms with Gasteiger partial charge in [0.05, 0.1) is 20.7 Å².